The van der Waals surface area contributed by atoms with E-state index in [1.54, 1.807) is 12.3 Å². The summed E-state index contributed by atoms with van der Waals surface area (Å²) in [5.74, 6) is 0. The monoisotopic (exact) mass is 326 g/mol. The van der Waals surface area contributed by atoms with Crippen molar-refractivity contribution in [1.29, 1.82) is 0 Å². The minimum atomic E-state index is -3.24. The number of hydrogen-bond donors (Lipinski definition) is 1. The van der Waals surface area contributed by atoms with E-state index in [2.05, 4.69) is 25.6 Å². The fourth-order valence-corrected chi connectivity index (χ4v) is 3.57. The molecule has 0 bridgehead atoms. The van der Waals surface area contributed by atoms with Gasteiger partial charge in [-0.15, -0.1) is 0 Å². The first-order chi connectivity index (χ1) is 8.56. The first-order valence-corrected chi connectivity index (χ1v) is 7.96. The lowest BCUT2D eigenvalue weighted by molar-refractivity contribution is 0.600. The maximum atomic E-state index is 11.9. The van der Waals surface area contributed by atoms with Crippen LogP contribution in [0.4, 0.5) is 5.69 Å². The molecule has 1 aliphatic carbocycles. The SMILES string of the molecule is O=S(=O)(Nc1cccc2cc(Br)cnc12)C1CC1. The van der Waals surface area contributed by atoms with E-state index in [0.29, 0.717) is 11.2 Å². The van der Waals surface area contributed by atoms with E-state index in [4.69, 9.17) is 0 Å². The molecule has 1 aromatic heterocycles. The van der Waals surface area contributed by atoms with Crippen molar-refractivity contribution in [3.8, 4) is 0 Å². The highest BCUT2D eigenvalue weighted by atomic mass is 79.9. The van der Waals surface area contributed by atoms with Crippen LogP contribution in [0.25, 0.3) is 10.9 Å². The quantitative estimate of drug-likeness (QED) is 0.943. The molecule has 0 spiro atoms. The molecule has 1 N–H and O–H groups in total. The van der Waals surface area contributed by atoms with Gasteiger partial charge in [-0.25, -0.2) is 8.42 Å². The van der Waals surface area contributed by atoms with E-state index in [-0.39, 0.29) is 5.25 Å². The highest BCUT2D eigenvalue weighted by Gasteiger charge is 2.35. The topological polar surface area (TPSA) is 59.1 Å². The maximum Gasteiger partial charge on any atom is 0.235 e. The molecule has 1 aliphatic rings. The number of hydrogen-bond acceptors (Lipinski definition) is 3. The molecular formula is C12H11BrN2O2S. The Bertz CT molecular complexity index is 711. The van der Waals surface area contributed by atoms with Crippen molar-refractivity contribution in [1.82, 2.24) is 4.98 Å². The highest BCUT2D eigenvalue weighted by molar-refractivity contribution is 9.10. The van der Waals surface area contributed by atoms with Crippen molar-refractivity contribution in [2.24, 2.45) is 0 Å². The molecule has 1 heterocycles. The minimum absolute atomic E-state index is 0.233. The second kappa shape index (κ2) is 4.20. The van der Waals surface area contributed by atoms with Crippen LogP contribution in [0.1, 0.15) is 12.8 Å². The lowest BCUT2D eigenvalue weighted by Gasteiger charge is -2.09. The third-order valence-electron chi connectivity index (χ3n) is 2.89. The van der Waals surface area contributed by atoms with Crippen LogP contribution < -0.4 is 4.72 Å². The Hall–Kier alpha value is -1.14. The standard InChI is InChI=1S/C12H11BrN2O2S/c13-9-6-8-2-1-3-11(12(8)14-7-9)15-18(16,17)10-4-5-10/h1-3,6-7,10,15H,4-5H2. The lowest BCUT2D eigenvalue weighted by Crippen LogP contribution is -2.17. The molecule has 6 heteroatoms. The van der Waals surface area contributed by atoms with E-state index in [9.17, 15) is 8.42 Å². The molecule has 2 aromatic rings. The van der Waals surface area contributed by atoms with Crippen molar-refractivity contribution in [3.05, 3.63) is 34.9 Å². The van der Waals surface area contributed by atoms with Crippen molar-refractivity contribution < 1.29 is 8.42 Å². The number of pyridine rings is 1. The van der Waals surface area contributed by atoms with Gasteiger partial charge in [-0.05, 0) is 40.9 Å². The number of fused-ring (bicyclic) bond motifs is 1. The molecule has 1 aromatic carbocycles. The Morgan fingerprint density at radius 2 is 2.11 bits per heavy atom. The first-order valence-electron chi connectivity index (χ1n) is 5.62. The average molecular weight is 327 g/mol. The van der Waals surface area contributed by atoms with Crippen LogP contribution in [0.2, 0.25) is 0 Å². The summed E-state index contributed by atoms with van der Waals surface area (Å²) in [4.78, 5) is 4.27. The number of sulfonamides is 1. The largest absolute Gasteiger partial charge is 0.281 e. The molecule has 3 rings (SSSR count). The number of aromatic nitrogens is 1. The van der Waals surface area contributed by atoms with Gasteiger partial charge in [0.05, 0.1) is 16.5 Å². The molecule has 0 saturated heterocycles. The summed E-state index contributed by atoms with van der Waals surface area (Å²) >= 11 is 3.35. The molecule has 0 atom stereocenters. The zero-order chi connectivity index (χ0) is 12.8. The van der Waals surface area contributed by atoms with Gasteiger partial charge in [0.15, 0.2) is 0 Å². The summed E-state index contributed by atoms with van der Waals surface area (Å²) in [6.07, 6.45) is 3.16. The highest BCUT2D eigenvalue weighted by Crippen LogP contribution is 2.31. The van der Waals surface area contributed by atoms with Crippen LogP contribution in [-0.4, -0.2) is 18.7 Å². The smallest absolute Gasteiger partial charge is 0.235 e. The van der Waals surface area contributed by atoms with E-state index >= 15 is 0 Å². The molecule has 4 nitrogen and oxygen atoms in total. The zero-order valence-electron chi connectivity index (χ0n) is 9.43. The molecule has 0 aliphatic heterocycles. The Labute approximate surface area is 114 Å². The molecular weight excluding hydrogens is 316 g/mol. The number of para-hydroxylation sites is 1. The van der Waals surface area contributed by atoms with Crippen molar-refractivity contribution >= 4 is 42.5 Å². The van der Waals surface area contributed by atoms with Gasteiger partial charge in [-0.2, -0.15) is 0 Å². The van der Waals surface area contributed by atoms with Crippen molar-refractivity contribution in [2.45, 2.75) is 18.1 Å². The van der Waals surface area contributed by atoms with Gasteiger partial charge in [0.25, 0.3) is 0 Å². The van der Waals surface area contributed by atoms with Crippen LogP contribution in [0.3, 0.4) is 0 Å². The van der Waals surface area contributed by atoms with Crippen LogP contribution in [-0.2, 0) is 10.0 Å². The Morgan fingerprint density at radius 1 is 1.33 bits per heavy atom. The molecule has 1 fully saturated rings. The number of nitrogens with one attached hydrogen (secondary N) is 1. The number of halogens is 1. The van der Waals surface area contributed by atoms with E-state index in [1.807, 2.05) is 18.2 Å². The van der Waals surface area contributed by atoms with Gasteiger partial charge in [-0.1, -0.05) is 12.1 Å². The predicted molar refractivity (Wildman–Crippen MR) is 75.0 cm³/mol. The number of benzene rings is 1. The summed E-state index contributed by atoms with van der Waals surface area (Å²) in [5, 5.41) is 0.670. The van der Waals surface area contributed by atoms with Gasteiger partial charge in [-0.3, -0.25) is 9.71 Å². The molecule has 1 saturated carbocycles. The summed E-state index contributed by atoms with van der Waals surface area (Å²) in [6.45, 7) is 0. The van der Waals surface area contributed by atoms with Crippen molar-refractivity contribution in [2.75, 3.05) is 4.72 Å². The molecule has 94 valence electrons. The fraction of sp³-hybridized carbons (Fsp3) is 0.250. The Balaban J connectivity index is 2.06. The fourth-order valence-electron chi connectivity index (χ4n) is 1.83. The number of anilines is 1. The minimum Gasteiger partial charge on any atom is -0.281 e. The number of nitrogens with zero attached hydrogens (tertiary/aromatic N) is 1. The van der Waals surface area contributed by atoms with Gasteiger partial charge < -0.3 is 0 Å². The predicted octanol–water partition coefficient (Wildman–Crippen LogP) is 2.90. The molecule has 0 unspecified atom stereocenters. The van der Waals surface area contributed by atoms with Crippen LogP contribution >= 0.6 is 15.9 Å². The van der Waals surface area contributed by atoms with Crippen LogP contribution in [0.15, 0.2) is 34.9 Å². The summed E-state index contributed by atoms with van der Waals surface area (Å²) in [5.41, 5.74) is 1.22. The molecule has 0 amide bonds. The third kappa shape index (κ3) is 2.22. The third-order valence-corrected chi connectivity index (χ3v) is 5.18. The molecule has 0 radical (unpaired) electrons. The van der Waals surface area contributed by atoms with Gasteiger partial charge in [0.2, 0.25) is 10.0 Å². The van der Waals surface area contributed by atoms with Crippen LogP contribution in [0, 0.1) is 0 Å². The Kier molecular flexibility index (Phi) is 2.79. The summed E-state index contributed by atoms with van der Waals surface area (Å²) in [6, 6.07) is 7.38. The van der Waals surface area contributed by atoms with Gasteiger partial charge >= 0.3 is 0 Å². The van der Waals surface area contributed by atoms with Crippen molar-refractivity contribution in [3.63, 3.8) is 0 Å². The summed E-state index contributed by atoms with van der Waals surface area (Å²) < 4.78 is 27.4. The zero-order valence-corrected chi connectivity index (χ0v) is 11.8. The Morgan fingerprint density at radius 3 is 2.83 bits per heavy atom. The second-order valence-electron chi connectivity index (χ2n) is 4.38. The van der Waals surface area contributed by atoms with Gasteiger partial charge in [0, 0.05) is 16.1 Å². The van der Waals surface area contributed by atoms with E-state index in [0.717, 1.165) is 22.7 Å². The van der Waals surface area contributed by atoms with Crippen LogP contribution in [0.5, 0.6) is 0 Å². The second-order valence-corrected chi connectivity index (χ2v) is 7.25. The van der Waals surface area contributed by atoms with E-state index < -0.39 is 10.0 Å². The van der Waals surface area contributed by atoms with E-state index in [1.165, 1.54) is 0 Å². The van der Waals surface area contributed by atoms with Gasteiger partial charge in [0.1, 0.15) is 0 Å². The molecule has 18 heavy (non-hydrogen) atoms. The maximum absolute atomic E-state index is 11.9. The first kappa shape index (κ1) is 11.9. The average Bonchev–Trinajstić information content (AvgIpc) is 3.12. The normalized spacial score (nSPS) is 15.8. The number of rotatable bonds is 3. The lowest BCUT2D eigenvalue weighted by atomic mass is 10.2. The summed E-state index contributed by atoms with van der Waals surface area (Å²) in [7, 11) is -3.24.